The van der Waals surface area contributed by atoms with E-state index in [1.54, 1.807) is 0 Å². The number of hydrogen-bond acceptors (Lipinski definition) is 6. The Morgan fingerprint density at radius 3 is 1.54 bits per heavy atom. The Morgan fingerprint density at radius 1 is 0.833 bits per heavy atom. The Morgan fingerprint density at radius 2 is 1.21 bits per heavy atom. The Hall–Kier alpha value is -2.12. The number of amides is 2. The molecule has 0 aromatic carbocycles. The van der Waals surface area contributed by atoms with Crippen molar-refractivity contribution in [2.24, 2.45) is 0 Å². The molecule has 2 atom stereocenters. The van der Waals surface area contributed by atoms with Gasteiger partial charge in [0.1, 0.15) is 12.1 Å². The van der Waals surface area contributed by atoms with Crippen LogP contribution < -0.4 is 10.6 Å². The first kappa shape index (κ1) is 19.9. The zero-order valence-electron chi connectivity index (χ0n) is 14.3. The fourth-order valence-corrected chi connectivity index (χ4v) is 2.18. The van der Waals surface area contributed by atoms with E-state index in [0.717, 1.165) is 12.8 Å². The summed E-state index contributed by atoms with van der Waals surface area (Å²) in [6.45, 7) is 4.47. The van der Waals surface area contributed by atoms with Gasteiger partial charge in [0, 0.05) is 12.8 Å². The molecule has 0 aliphatic carbocycles. The molecule has 1 fully saturated rings. The summed E-state index contributed by atoms with van der Waals surface area (Å²) in [6, 6.07) is -1.51. The van der Waals surface area contributed by atoms with Gasteiger partial charge in [-0.3, -0.25) is 19.2 Å². The first-order valence-corrected chi connectivity index (χ1v) is 8.39. The van der Waals surface area contributed by atoms with Crippen LogP contribution in [0.5, 0.6) is 0 Å². The summed E-state index contributed by atoms with van der Waals surface area (Å²) >= 11 is 0. The Bertz CT molecular complexity index is 423. The summed E-state index contributed by atoms with van der Waals surface area (Å²) < 4.78 is 9.86. The normalized spacial score (nSPS) is 20.1. The number of piperazine rings is 1. The maximum absolute atomic E-state index is 12.0. The lowest BCUT2D eigenvalue weighted by molar-refractivity contribution is -0.146. The van der Waals surface area contributed by atoms with Crippen molar-refractivity contribution in [2.75, 3.05) is 13.2 Å². The van der Waals surface area contributed by atoms with Crippen molar-refractivity contribution in [3.63, 3.8) is 0 Å². The number of ether oxygens (including phenoxy) is 2. The van der Waals surface area contributed by atoms with Gasteiger partial charge in [0.05, 0.1) is 13.2 Å². The van der Waals surface area contributed by atoms with Crippen LogP contribution in [0.1, 0.15) is 52.4 Å². The topological polar surface area (TPSA) is 111 Å². The molecule has 0 spiro atoms. The molecule has 0 unspecified atom stereocenters. The molecule has 1 aliphatic rings. The zero-order chi connectivity index (χ0) is 17.9. The minimum absolute atomic E-state index is 0.0619. The van der Waals surface area contributed by atoms with Gasteiger partial charge in [0.2, 0.25) is 11.8 Å². The number of nitrogens with one attached hydrogen (secondary N) is 2. The number of carbonyl (C=O) groups excluding carboxylic acids is 4. The second-order valence-electron chi connectivity index (χ2n) is 5.64. The van der Waals surface area contributed by atoms with E-state index in [1.807, 2.05) is 13.8 Å². The summed E-state index contributed by atoms with van der Waals surface area (Å²) in [5.41, 5.74) is 0. The Balaban J connectivity index is 2.35. The number of rotatable bonds is 10. The Labute approximate surface area is 141 Å². The van der Waals surface area contributed by atoms with Gasteiger partial charge >= 0.3 is 11.9 Å². The molecular formula is C16H26N2O6. The third kappa shape index (κ3) is 6.97. The highest BCUT2D eigenvalue weighted by molar-refractivity contribution is 5.97. The molecule has 8 heteroatoms. The SMILES string of the molecule is CCCOC(=O)CC[C@@H]1NC(=O)[C@H](CCC(=O)OCCC)NC1=O. The monoisotopic (exact) mass is 342 g/mol. The van der Waals surface area contributed by atoms with E-state index in [0.29, 0.717) is 13.2 Å². The van der Waals surface area contributed by atoms with Gasteiger partial charge in [0.15, 0.2) is 0 Å². The van der Waals surface area contributed by atoms with Crippen molar-refractivity contribution in [1.29, 1.82) is 0 Å². The molecule has 136 valence electrons. The van der Waals surface area contributed by atoms with Crippen molar-refractivity contribution in [3.05, 3.63) is 0 Å². The summed E-state index contributed by atoms with van der Waals surface area (Å²) in [5, 5.41) is 5.17. The average Bonchev–Trinajstić information content (AvgIpc) is 2.57. The molecule has 1 aliphatic heterocycles. The van der Waals surface area contributed by atoms with Crippen molar-refractivity contribution >= 4 is 23.8 Å². The van der Waals surface area contributed by atoms with E-state index in [-0.39, 0.29) is 49.4 Å². The molecular weight excluding hydrogens is 316 g/mol. The summed E-state index contributed by atoms with van der Waals surface area (Å²) in [5.74, 6) is -1.49. The third-order valence-electron chi connectivity index (χ3n) is 3.47. The molecule has 0 aromatic heterocycles. The number of esters is 2. The lowest BCUT2D eigenvalue weighted by Gasteiger charge is -2.29. The quantitative estimate of drug-likeness (QED) is 0.557. The molecule has 1 rings (SSSR count). The highest BCUT2D eigenvalue weighted by atomic mass is 16.5. The van der Waals surface area contributed by atoms with Crippen molar-refractivity contribution in [1.82, 2.24) is 10.6 Å². The van der Waals surface area contributed by atoms with E-state index in [2.05, 4.69) is 10.6 Å². The van der Waals surface area contributed by atoms with Crippen LogP contribution >= 0.6 is 0 Å². The van der Waals surface area contributed by atoms with Crippen LogP contribution in [-0.4, -0.2) is 49.1 Å². The number of hydrogen-bond donors (Lipinski definition) is 2. The van der Waals surface area contributed by atoms with E-state index < -0.39 is 12.1 Å². The lowest BCUT2D eigenvalue weighted by Crippen LogP contribution is -2.61. The molecule has 1 heterocycles. The van der Waals surface area contributed by atoms with Crippen LogP contribution in [0.3, 0.4) is 0 Å². The van der Waals surface area contributed by atoms with E-state index >= 15 is 0 Å². The van der Waals surface area contributed by atoms with Gasteiger partial charge in [-0.1, -0.05) is 13.8 Å². The molecule has 8 nitrogen and oxygen atoms in total. The van der Waals surface area contributed by atoms with Gasteiger partial charge in [0.25, 0.3) is 0 Å². The van der Waals surface area contributed by atoms with Crippen LogP contribution in [0.2, 0.25) is 0 Å². The van der Waals surface area contributed by atoms with Gasteiger partial charge in [-0.15, -0.1) is 0 Å². The van der Waals surface area contributed by atoms with E-state index in [4.69, 9.17) is 9.47 Å². The first-order chi connectivity index (χ1) is 11.5. The van der Waals surface area contributed by atoms with E-state index in [1.165, 1.54) is 0 Å². The highest BCUT2D eigenvalue weighted by Gasteiger charge is 2.33. The lowest BCUT2D eigenvalue weighted by atomic mass is 10.0. The third-order valence-corrected chi connectivity index (χ3v) is 3.47. The summed E-state index contributed by atoms with van der Waals surface area (Å²) in [4.78, 5) is 46.9. The van der Waals surface area contributed by atoms with Gasteiger partial charge in [-0.2, -0.15) is 0 Å². The molecule has 0 saturated carbocycles. The first-order valence-electron chi connectivity index (χ1n) is 8.39. The minimum atomic E-state index is -0.755. The van der Waals surface area contributed by atoms with Crippen molar-refractivity contribution in [3.8, 4) is 0 Å². The van der Waals surface area contributed by atoms with Crippen molar-refractivity contribution in [2.45, 2.75) is 64.5 Å². The van der Waals surface area contributed by atoms with Gasteiger partial charge in [-0.05, 0) is 25.7 Å². The fraction of sp³-hybridized carbons (Fsp3) is 0.750. The molecule has 24 heavy (non-hydrogen) atoms. The van der Waals surface area contributed by atoms with Gasteiger partial charge < -0.3 is 20.1 Å². The highest BCUT2D eigenvalue weighted by Crippen LogP contribution is 2.09. The smallest absolute Gasteiger partial charge is 0.305 e. The van der Waals surface area contributed by atoms with E-state index in [9.17, 15) is 19.2 Å². The molecule has 0 aromatic rings. The van der Waals surface area contributed by atoms with Crippen molar-refractivity contribution < 1.29 is 28.7 Å². The maximum atomic E-state index is 12.0. The van der Waals surface area contributed by atoms with Crippen LogP contribution in [0.25, 0.3) is 0 Å². The predicted molar refractivity (Wildman–Crippen MR) is 84.8 cm³/mol. The predicted octanol–water partition coefficient (Wildman–Crippen LogP) is 0.436. The largest absolute Gasteiger partial charge is 0.466 e. The van der Waals surface area contributed by atoms with Crippen LogP contribution in [-0.2, 0) is 28.7 Å². The second-order valence-corrected chi connectivity index (χ2v) is 5.64. The van der Waals surface area contributed by atoms with Crippen LogP contribution in [0.15, 0.2) is 0 Å². The molecule has 0 bridgehead atoms. The summed E-state index contributed by atoms with van der Waals surface area (Å²) in [6.07, 6.45) is 1.96. The summed E-state index contributed by atoms with van der Waals surface area (Å²) in [7, 11) is 0. The molecule has 1 saturated heterocycles. The average molecular weight is 342 g/mol. The Kier molecular flexibility index (Phi) is 8.81. The maximum Gasteiger partial charge on any atom is 0.305 e. The minimum Gasteiger partial charge on any atom is -0.466 e. The van der Waals surface area contributed by atoms with Gasteiger partial charge in [-0.25, -0.2) is 0 Å². The molecule has 2 amide bonds. The second kappa shape index (κ2) is 10.6. The molecule has 2 N–H and O–H groups in total. The van der Waals surface area contributed by atoms with Crippen LogP contribution in [0, 0.1) is 0 Å². The fourth-order valence-electron chi connectivity index (χ4n) is 2.18. The number of carbonyl (C=O) groups is 4. The zero-order valence-corrected chi connectivity index (χ0v) is 14.3. The standard InChI is InChI=1S/C16H26N2O6/c1-3-9-23-13(19)7-5-11-15(21)18-12(16(22)17-11)6-8-14(20)24-10-4-2/h11-12H,3-10H2,1-2H3,(H,17,22)(H,18,21)/t11-,12-/m0/s1. The molecule has 0 radical (unpaired) electrons. The van der Waals surface area contributed by atoms with Crippen LogP contribution in [0.4, 0.5) is 0 Å².